The number of nitrogens with one attached hydrogen (secondary N) is 1. The average Bonchev–Trinajstić information content (AvgIpc) is 2.83. The minimum Gasteiger partial charge on any atom is -0.495 e. The van der Waals surface area contributed by atoms with Crippen LogP contribution in [0.2, 0.25) is 0 Å². The van der Waals surface area contributed by atoms with Crippen molar-refractivity contribution in [3.05, 3.63) is 59.4 Å². The normalized spacial score (nSPS) is 17.1. The Morgan fingerprint density at radius 3 is 2.67 bits per heavy atom. The number of rotatable bonds is 2. The fraction of sp³-hybridized carbons (Fsp3) is 0.200. The van der Waals surface area contributed by atoms with Gasteiger partial charge in [-0.15, -0.1) is 0 Å². The van der Waals surface area contributed by atoms with Crippen molar-refractivity contribution in [1.29, 1.82) is 0 Å². The fourth-order valence-electron chi connectivity index (χ4n) is 2.42. The van der Waals surface area contributed by atoms with Crippen LogP contribution in [0.4, 0.5) is 10.1 Å². The van der Waals surface area contributed by atoms with Gasteiger partial charge in [-0.25, -0.2) is 4.39 Å². The Balaban J connectivity index is 1.91. The maximum Gasteiger partial charge on any atom is 0.142 e. The third-order valence-electron chi connectivity index (χ3n) is 3.35. The Labute approximate surface area is 105 Å². The fourth-order valence-corrected chi connectivity index (χ4v) is 2.42. The van der Waals surface area contributed by atoms with Gasteiger partial charge in [-0.05, 0) is 35.7 Å². The van der Waals surface area contributed by atoms with Gasteiger partial charge in [-0.1, -0.05) is 24.3 Å². The summed E-state index contributed by atoms with van der Waals surface area (Å²) < 4.78 is 18.3. The summed E-state index contributed by atoms with van der Waals surface area (Å²) in [5.41, 5.74) is 3.38. The molecule has 3 rings (SSSR count). The molecule has 18 heavy (non-hydrogen) atoms. The summed E-state index contributed by atoms with van der Waals surface area (Å²) in [6.45, 7) is 0. The van der Waals surface area contributed by atoms with Gasteiger partial charge in [0.25, 0.3) is 0 Å². The molecule has 0 saturated carbocycles. The summed E-state index contributed by atoms with van der Waals surface area (Å²) in [6.07, 6.45) is 0.901. The minimum absolute atomic E-state index is 0.192. The first-order chi connectivity index (χ1) is 8.78. The molecule has 0 radical (unpaired) electrons. The quantitative estimate of drug-likeness (QED) is 0.871. The molecule has 0 saturated heterocycles. The minimum atomic E-state index is -0.202. The lowest BCUT2D eigenvalue weighted by molar-refractivity contribution is 0.416. The number of ether oxygens (including phenoxy) is 1. The zero-order valence-corrected chi connectivity index (χ0v) is 10.1. The molecule has 0 aromatic heterocycles. The zero-order valence-electron chi connectivity index (χ0n) is 10.1. The summed E-state index contributed by atoms with van der Waals surface area (Å²) in [5.74, 6) is 0.656. The first-order valence-electron chi connectivity index (χ1n) is 5.96. The summed E-state index contributed by atoms with van der Waals surface area (Å²) in [6, 6.07) is 12.9. The van der Waals surface area contributed by atoms with E-state index in [1.54, 1.807) is 7.11 Å². The van der Waals surface area contributed by atoms with Crippen molar-refractivity contribution >= 4 is 5.69 Å². The molecular weight excluding hydrogens is 229 g/mol. The van der Waals surface area contributed by atoms with E-state index in [1.165, 1.54) is 17.7 Å². The number of anilines is 1. The molecule has 1 unspecified atom stereocenters. The molecule has 3 heteroatoms. The van der Waals surface area contributed by atoms with E-state index in [-0.39, 0.29) is 11.9 Å². The summed E-state index contributed by atoms with van der Waals surface area (Å²) in [5, 5.41) is 3.44. The predicted octanol–water partition coefficient (Wildman–Crippen LogP) is 3.54. The van der Waals surface area contributed by atoms with Gasteiger partial charge in [0, 0.05) is 0 Å². The van der Waals surface area contributed by atoms with Gasteiger partial charge in [0.1, 0.15) is 11.6 Å². The predicted molar refractivity (Wildman–Crippen MR) is 69.5 cm³/mol. The molecule has 1 aliphatic rings. The number of para-hydroxylation sites is 1. The van der Waals surface area contributed by atoms with E-state index in [1.807, 2.05) is 24.3 Å². The first kappa shape index (κ1) is 11.1. The number of halogens is 1. The second kappa shape index (κ2) is 4.33. The number of fused-ring (bicyclic) bond motifs is 1. The Kier molecular flexibility index (Phi) is 2.67. The molecule has 92 valence electrons. The van der Waals surface area contributed by atoms with E-state index >= 15 is 0 Å². The number of benzene rings is 2. The second-order valence-electron chi connectivity index (χ2n) is 4.45. The van der Waals surface area contributed by atoms with Gasteiger partial charge in [-0.3, -0.25) is 0 Å². The third kappa shape index (κ3) is 1.82. The molecule has 0 bridgehead atoms. The van der Waals surface area contributed by atoms with Crippen LogP contribution >= 0.6 is 0 Å². The highest BCUT2D eigenvalue weighted by Gasteiger charge is 2.24. The standard InChI is InChI=1S/C15H14FNO/c1-18-14-4-2-3-11-9-13(17-15(11)14)10-5-7-12(16)8-6-10/h2-8,13,17H,9H2,1H3. The van der Waals surface area contributed by atoms with Crippen LogP contribution in [-0.2, 0) is 6.42 Å². The van der Waals surface area contributed by atoms with Crippen molar-refractivity contribution in [3.8, 4) is 5.75 Å². The summed E-state index contributed by atoms with van der Waals surface area (Å²) in [4.78, 5) is 0. The van der Waals surface area contributed by atoms with Gasteiger partial charge >= 0.3 is 0 Å². The van der Waals surface area contributed by atoms with Crippen LogP contribution in [0.15, 0.2) is 42.5 Å². The maximum atomic E-state index is 12.9. The van der Waals surface area contributed by atoms with E-state index < -0.39 is 0 Å². The van der Waals surface area contributed by atoms with Gasteiger partial charge in [0.15, 0.2) is 0 Å². The number of methoxy groups -OCH3 is 1. The Hall–Kier alpha value is -2.03. The molecule has 0 aliphatic carbocycles. The lowest BCUT2D eigenvalue weighted by Crippen LogP contribution is -2.05. The third-order valence-corrected chi connectivity index (χ3v) is 3.35. The van der Waals surface area contributed by atoms with Gasteiger partial charge in [0.2, 0.25) is 0 Å². The number of hydrogen-bond donors (Lipinski definition) is 1. The van der Waals surface area contributed by atoms with Crippen LogP contribution in [0.1, 0.15) is 17.2 Å². The molecule has 2 nitrogen and oxygen atoms in total. The first-order valence-corrected chi connectivity index (χ1v) is 5.96. The zero-order chi connectivity index (χ0) is 12.5. The summed E-state index contributed by atoms with van der Waals surface area (Å²) >= 11 is 0. The van der Waals surface area contributed by atoms with Gasteiger partial charge in [-0.2, -0.15) is 0 Å². The van der Waals surface area contributed by atoms with Crippen molar-refractivity contribution < 1.29 is 9.13 Å². The molecule has 0 fully saturated rings. The molecule has 2 aromatic carbocycles. The van der Waals surface area contributed by atoms with Crippen molar-refractivity contribution in [2.75, 3.05) is 12.4 Å². The van der Waals surface area contributed by atoms with Crippen molar-refractivity contribution in [1.82, 2.24) is 0 Å². The SMILES string of the molecule is COc1cccc2c1NC(c1ccc(F)cc1)C2. The van der Waals surface area contributed by atoms with Crippen LogP contribution in [-0.4, -0.2) is 7.11 Å². The van der Waals surface area contributed by atoms with Gasteiger partial charge < -0.3 is 10.1 Å². The highest BCUT2D eigenvalue weighted by Crippen LogP contribution is 2.39. The number of hydrogen-bond acceptors (Lipinski definition) is 2. The van der Waals surface area contributed by atoms with Crippen molar-refractivity contribution in [2.24, 2.45) is 0 Å². The second-order valence-corrected chi connectivity index (χ2v) is 4.45. The molecule has 1 aliphatic heterocycles. The average molecular weight is 243 g/mol. The monoisotopic (exact) mass is 243 g/mol. The maximum absolute atomic E-state index is 12.9. The Bertz CT molecular complexity index is 565. The Morgan fingerprint density at radius 1 is 1.17 bits per heavy atom. The topological polar surface area (TPSA) is 21.3 Å². The van der Waals surface area contributed by atoms with E-state index in [2.05, 4.69) is 11.4 Å². The Morgan fingerprint density at radius 2 is 1.94 bits per heavy atom. The highest BCUT2D eigenvalue weighted by atomic mass is 19.1. The lowest BCUT2D eigenvalue weighted by Gasteiger charge is -2.12. The van der Waals surface area contributed by atoms with E-state index in [9.17, 15) is 4.39 Å². The summed E-state index contributed by atoms with van der Waals surface area (Å²) in [7, 11) is 1.67. The molecule has 1 atom stereocenters. The van der Waals surface area contributed by atoms with Crippen LogP contribution in [0, 0.1) is 5.82 Å². The van der Waals surface area contributed by atoms with Crippen LogP contribution < -0.4 is 10.1 Å². The van der Waals surface area contributed by atoms with E-state index in [0.717, 1.165) is 23.4 Å². The largest absolute Gasteiger partial charge is 0.495 e. The van der Waals surface area contributed by atoms with E-state index in [0.29, 0.717) is 0 Å². The van der Waals surface area contributed by atoms with Crippen molar-refractivity contribution in [2.45, 2.75) is 12.5 Å². The molecule has 0 spiro atoms. The molecule has 1 heterocycles. The molecule has 2 aromatic rings. The highest BCUT2D eigenvalue weighted by molar-refractivity contribution is 5.66. The molecule has 0 amide bonds. The molecular formula is C15H14FNO. The van der Waals surface area contributed by atoms with E-state index in [4.69, 9.17) is 4.74 Å². The molecule has 1 N–H and O–H groups in total. The lowest BCUT2D eigenvalue weighted by atomic mass is 10.0. The van der Waals surface area contributed by atoms with Crippen LogP contribution in [0.25, 0.3) is 0 Å². The van der Waals surface area contributed by atoms with Crippen molar-refractivity contribution in [3.63, 3.8) is 0 Å². The smallest absolute Gasteiger partial charge is 0.142 e. The van der Waals surface area contributed by atoms with Crippen LogP contribution in [0.5, 0.6) is 5.75 Å². The van der Waals surface area contributed by atoms with Gasteiger partial charge in [0.05, 0.1) is 18.8 Å². The van der Waals surface area contributed by atoms with Crippen LogP contribution in [0.3, 0.4) is 0 Å².